The molecule has 0 aromatic rings. The molecule has 4 unspecified atom stereocenters. The van der Waals surface area contributed by atoms with Gasteiger partial charge in [0, 0.05) is 25.4 Å². The number of aliphatic hydroxyl groups excluding tert-OH is 1. The smallest absolute Gasteiger partial charge is 0.302 e. The fraction of sp³-hybridized carbons (Fsp3) is 0.800. The average molecular weight is 252 g/mol. The van der Waals surface area contributed by atoms with E-state index in [1.807, 2.05) is 0 Å². The molecule has 3 heteroatoms. The Morgan fingerprint density at radius 2 is 2.39 bits per heavy atom. The van der Waals surface area contributed by atoms with Gasteiger partial charge in [-0.2, -0.15) is 0 Å². The van der Waals surface area contributed by atoms with Crippen molar-refractivity contribution in [3.8, 4) is 0 Å². The first kappa shape index (κ1) is 13.6. The van der Waals surface area contributed by atoms with Crippen molar-refractivity contribution in [1.82, 2.24) is 0 Å². The predicted molar refractivity (Wildman–Crippen MR) is 70.0 cm³/mol. The van der Waals surface area contributed by atoms with E-state index in [9.17, 15) is 9.90 Å². The quantitative estimate of drug-likeness (QED) is 0.620. The first-order chi connectivity index (χ1) is 8.49. The number of hydrogen-bond donors (Lipinski definition) is 1. The van der Waals surface area contributed by atoms with Crippen LogP contribution in [0, 0.1) is 17.3 Å². The lowest BCUT2D eigenvalue weighted by Gasteiger charge is -2.44. The molecule has 18 heavy (non-hydrogen) atoms. The summed E-state index contributed by atoms with van der Waals surface area (Å²) < 4.78 is 5.50. The topological polar surface area (TPSA) is 46.5 Å². The number of allylic oxidation sites excluding steroid dienone is 1. The molecule has 1 saturated carbocycles. The predicted octanol–water partition coefficient (Wildman–Crippen LogP) is 2.68. The van der Waals surface area contributed by atoms with Gasteiger partial charge in [-0.1, -0.05) is 25.5 Å². The van der Waals surface area contributed by atoms with Gasteiger partial charge in [-0.3, -0.25) is 4.79 Å². The zero-order valence-corrected chi connectivity index (χ0v) is 11.6. The van der Waals surface area contributed by atoms with E-state index in [4.69, 9.17) is 4.74 Å². The van der Waals surface area contributed by atoms with E-state index in [1.54, 1.807) is 0 Å². The molecule has 0 aromatic carbocycles. The van der Waals surface area contributed by atoms with Gasteiger partial charge in [0.2, 0.25) is 0 Å². The minimum absolute atomic E-state index is 0.0564. The number of esters is 1. The third kappa shape index (κ3) is 2.20. The van der Waals surface area contributed by atoms with E-state index >= 15 is 0 Å². The normalized spacial score (nSPS) is 36.8. The van der Waals surface area contributed by atoms with Crippen LogP contribution in [-0.2, 0) is 9.53 Å². The summed E-state index contributed by atoms with van der Waals surface area (Å²) in [6, 6.07) is 0. The second-order valence-corrected chi connectivity index (χ2v) is 6.04. The van der Waals surface area contributed by atoms with Gasteiger partial charge in [-0.05, 0) is 31.1 Å². The van der Waals surface area contributed by atoms with E-state index in [0.29, 0.717) is 5.92 Å². The summed E-state index contributed by atoms with van der Waals surface area (Å²) in [4.78, 5) is 11.2. The van der Waals surface area contributed by atoms with Crippen LogP contribution in [0.1, 0.15) is 46.5 Å². The summed E-state index contributed by atoms with van der Waals surface area (Å²) in [6.07, 6.45) is 6.53. The molecule has 0 saturated heterocycles. The molecule has 3 nitrogen and oxygen atoms in total. The van der Waals surface area contributed by atoms with Crippen LogP contribution in [0.15, 0.2) is 11.6 Å². The SMILES string of the molecule is CC(=O)OC1CCCC2(C)C(C(C)CO)=CCC12. The maximum absolute atomic E-state index is 11.2. The van der Waals surface area contributed by atoms with Crippen molar-refractivity contribution in [2.24, 2.45) is 17.3 Å². The molecular weight excluding hydrogens is 228 g/mol. The minimum Gasteiger partial charge on any atom is -0.462 e. The van der Waals surface area contributed by atoms with Crippen LogP contribution in [0.3, 0.4) is 0 Å². The Morgan fingerprint density at radius 3 is 3.00 bits per heavy atom. The van der Waals surface area contributed by atoms with Gasteiger partial charge in [0.1, 0.15) is 6.10 Å². The molecule has 0 aromatic heterocycles. The lowest BCUT2D eigenvalue weighted by molar-refractivity contribution is -0.153. The van der Waals surface area contributed by atoms with Crippen molar-refractivity contribution in [2.75, 3.05) is 6.61 Å². The van der Waals surface area contributed by atoms with E-state index in [1.165, 1.54) is 12.5 Å². The molecule has 0 amide bonds. The Hall–Kier alpha value is -0.830. The second kappa shape index (κ2) is 5.04. The zero-order chi connectivity index (χ0) is 13.3. The van der Waals surface area contributed by atoms with Gasteiger partial charge in [0.15, 0.2) is 0 Å². The van der Waals surface area contributed by atoms with E-state index in [0.717, 1.165) is 25.7 Å². The molecule has 2 rings (SSSR count). The molecular formula is C15H24O3. The maximum Gasteiger partial charge on any atom is 0.302 e. The lowest BCUT2D eigenvalue weighted by atomic mass is 9.63. The van der Waals surface area contributed by atoms with Gasteiger partial charge in [0.25, 0.3) is 0 Å². The standard InChI is InChI=1S/C15H24O3/c1-10(9-16)12-6-7-13-14(18-11(2)17)5-4-8-15(12,13)3/h6,10,13-14,16H,4-5,7-9H2,1-3H3. The Kier molecular flexibility index (Phi) is 3.81. The molecule has 0 bridgehead atoms. The first-order valence-corrected chi connectivity index (χ1v) is 6.97. The number of hydrogen-bond acceptors (Lipinski definition) is 3. The van der Waals surface area contributed by atoms with Gasteiger partial charge in [0.05, 0.1) is 0 Å². The molecule has 1 N–H and O–H groups in total. The number of aliphatic hydroxyl groups is 1. The highest BCUT2D eigenvalue weighted by atomic mass is 16.5. The highest BCUT2D eigenvalue weighted by Gasteiger charge is 2.49. The van der Waals surface area contributed by atoms with Crippen molar-refractivity contribution in [1.29, 1.82) is 0 Å². The highest BCUT2D eigenvalue weighted by molar-refractivity contribution is 5.66. The third-order valence-electron chi connectivity index (χ3n) is 4.83. The van der Waals surface area contributed by atoms with E-state index < -0.39 is 0 Å². The van der Waals surface area contributed by atoms with Crippen LogP contribution in [-0.4, -0.2) is 23.8 Å². The molecule has 4 atom stereocenters. The number of rotatable bonds is 3. The van der Waals surface area contributed by atoms with Crippen molar-refractivity contribution in [2.45, 2.75) is 52.6 Å². The molecule has 2 aliphatic carbocycles. The van der Waals surface area contributed by atoms with Crippen molar-refractivity contribution < 1.29 is 14.6 Å². The summed E-state index contributed by atoms with van der Waals surface area (Å²) in [5.74, 6) is 0.447. The largest absolute Gasteiger partial charge is 0.462 e. The molecule has 0 aliphatic heterocycles. The maximum atomic E-state index is 11.2. The first-order valence-electron chi connectivity index (χ1n) is 6.97. The Labute approximate surface area is 109 Å². The van der Waals surface area contributed by atoms with Crippen LogP contribution in [0.5, 0.6) is 0 Å². The Morgan fingerprint density at radius 1 is 1.67 bits per heavy atom. The molecule has 102 valence electrons. The van der Waals surface area contributed by atoms with E-state index in [-0.39, 0.29) is 30.0 Å². The molecule has 0 heterocycles. The average Bonchev–Trinajstić information content (AvgIpc) is 2.66. The van der Waals surface area contributed by atoms with Crippen LogP contribution < -0.4 is 0 Å². The summed E-state index contributed by atoms with van der Waals surface area (Å²) in [7, 11) is 0. The molecule has 0 radical (unpaired) electrons. The molecule has 0 spiro atoms. The summed E-state index contributed by atoms with van der Waals surface area (Å²) in [6.45, 7) is 6.05. The fourth-order valence-electron chi connectivity index (χ4n) is 3.94. The molecule has 1 fully saturated rings. The number of carbonyl (C=O) groups is 1. The van der Waals surface area contributed by atoms with Gasteiger partial charge < -0.3 is 9.84 Å². The number of ether oxygens (including phenoxy) is 1. The second-order valence-electron chi connectivity index (χ2n) is 6.04. The summed E-state index contributed by atoms with van der Waals surface area (Å²) in [5, 5.41) is 9.39. The minimum atomic E-state index is -0.173. The summed E-state index contributed by atoms with van der Waals surface area (Å²) in [5.41, 5.74) is 1.48. The van der Waals surface area contributed by atoms with Crippen LogP contribution in [0.2, 0.25) is 0 Å². The van der Waals surface area contributed by atoms with Gasteiger partial charge in [-0.25, -0.2) is 0 Å². The van der Waals surface area contributed by atoms with Crippen LogP contribution in [0.4, 0.5) is 0 Å². The van der Waals surface area contributed by atoms with E-state index in [2.05, 4.69) is 19.9 Å². The Bertz CT molecular complexity index is 361. The zero-order valence-electron chi connectivity index (χ0n) is 11.6. The third-order valence-corrected chi connectivity index (χ3v) is 4.83. The van der Waals surface area contributed by atoms with Crippen molar-refractivity contribution in [3.63, 3.8) is 0 Å². The molecule has 2 aliphatic rings. The van der Waals surface area contributed by atoms with Crippen LogP contribution >= 0.6 is 0 Å². The monoisotopic (exact) mass is 252 g/mol. The van der Waals surface area contributed by atoms with Crippen molar-refractivity contribution >= 4 is 5.97 Å². The number of fused-ring (bicyclic) bond motifs is 1. The summed E-state index contributed by atoms with van der Waals surface area (Å²) >= 11 is 0. The van der Waals surface area contributed by atoms with Crippen molar-refractivity contribution in [3.05, 3.63) is 11.6 Å². The fourth-order valence-corrected chi connectivity index (χ4v) is 3.94. The highest BCUT2D eigenvalue weighted by Crippen LogP contribution is 2.55. The number of carbonyl (C=O) groups excluding carboxylic acids is 1. The Balaban J connectivity index is 2.18. The van der Waals surface area contributed by atoms with Gasteiger partial charge >= 0.3 is 5.97 Å². The lowest BCUT2D eigenvalue weighted by Crippen LogP contribution is -2.41. The van der Waals surface area contributed by atoms with Gasteiger partial charge in [-0.15, -0.1) is 0 Å². The van der Waals surface area contributed by atoms with Crippen LogP contribution in [0.25, 0.3) is 0 Å².